The molecule has 1 aromatic heterocycles. The quantitative estimate of drug-likeness (QED) is 0.238. The molecule has 1 fully saturated rings. The summed E-state index contributed by atoms with van der Waals surface area (Å²) in [4.78, 5) is 27.1. The van der Waals surface area contributed by atoms with Crippen LogP contribution in [0.15, 0.2) is 48.7 Å². The Balaban J connectivity index is 1.55. The number of aliphatic carboxylic acids is 1. The van der Waals surface area contributed by atoms with Gasteiger partial charge in [-0.25, -0.2) is 4.79 Å². The number of aryl methyl sites for hydroxylation is 1. The number of β-amino-alcohol motifs (C(OH)–C–C–N with tert-alkyl or cyclic N) is 1. The lowest BCUT2D eigenvalue weighted by atomic mass is 10.1. The van der Waals surface area contributed by atoms with Crippen LogP contribution in [0, 0.1) is 0 Å². The maximum Gasteiger partial charge on any atom is 0.326 e. The van der Waals surface area contributed by atoms with E-state index in [1.165, 1.54) is 0 Å². The van der Waals surface area contributed by atoms with E-state index in [4.69, 9.17) is 0 Å². The summed E-state index contributed by atoms with van der Waals surface area (Å²) in [6.45, 7) is 1.95. The molecule has 0 aliphatic carbocycles. The molecule has 2 heterocycles. The van der Waals surface area contributed by atoms with Gasteiger partial charge in [0.25, 0.3) is 0 Å². The molecule has 1 aromatic carbocycles. The summed E-state index contributed by atoms with van der Waals surface area (Å²) >= 11 is 4.17. The third-order valence-corrected chi connectivity index (χ3v) is 6.64. The van der Waals surface area contributed by atoms with Crippen molar-refractivity contribution in [2.24, 2.45) is 0 Å². The summed E-state index contributed by atoms with van der Waals surface area (Å²) in [5, 5.41) is 19.3. The van der Waals surface area contributed by atoms with Crippen LogP contribution in [0.5, 0.6) is 0 Å². The molecule has 1 aliphatic heterocycles. The molecular formula is C27H36N3O4S+. The topological polar surface area (TPSA) is 85.0 Å². The number of unbranched alkanes of at least 4 members (excludes halogenated alkanes) is 1. The zero-order valence-corrected chi connectivity index (χ0v) is 21.2. The number of nitrogens with zero attached hydrogens (tertiary/aromatic N) is 3. The number of aliphatic hydroxyl groups excluding tert-OH is 1. The molecule has 0 spiro atoms. The predicted octanol–water partition coefficient (Wildman–Crippen LogP) is 3.12. The number of aromatic nitrogens is 1. The maximum atomic E-state index is 12.0. The van der Waals surface area contributed by atoms with Crippen LogP contribution in [0.1, 0.15) is 43.4 Å². The number of benzene rings is 1. The second-order valence-electron chi connectivity index (χ2n) is 8.99. The molecule has 2 N–H and O–H groups in total. The van der Waals surface area contributed by atoms with Gasteiger partial charge in [0.15, 0.2) is 6.20 Å². The van der Waals surface area contributed by atoms with E-state index in [9.17, 15) is 19.8 Å². The third kappa shape index (κ3) is 7.83. The van der Waals surface area contributed by atoms with Crippen molar-refractivity contribution in [1.29, 1.82) is 0 Å². The minimum Gasteiger partial charge on any atom is -0.480 e. The minimum absolute atomic E-state index is 0.181. The van der Waals surface area contributed by atoms with Gasteiger partial charge in [-0.3, -0.25) is 4.79 Å². The Morgan fingerprint density at radius 2 is 1.91 bits per heavy atom. The van der Waals surface area contributed by atoms with Crippen LogP contribution in [-0.4, -0.2) is 65.0 Å². The molecule has 7 nitrogen and oxygen atoms in total. The SMILES string of the molecule is CN(CCCC[n+]1ccccc1C=Cc1ccc(N2CC(O)CC2C(=O)O)cc1)C(=O)CCCS. The largest absolute Gasteiger partial charge is 0.480 e. The molecule has 1 saturated heterocycles. The molecular weight excluding hydrogens is 462 g/mol. The average molecular weight is 499 g/mol. The number of rotatable bonds is 12. The summed E-state index contributed by atoms with van der Waals surface area (Å²) in [5.74, 6) is 0.00432. The first-order valence-electron chi connectivity index (χ1n) is 12.2. The van der Waals surface area contributed by atoms with Gasteiger partial charge in [0.1, 0.15) is 12.6 Å². The molecule has 188 valence electrons. The van der Waals surface area contributed by atoms with E-state index in [0.717, 1.165) is 55.0 Å². The number of aliphatic hydroxyl groups is 1. The highest BCUT2D eigenvalue weighted by atomic mass is 32.1. The van der Waals surface area contributed by atoms with Crippen LogP contribution >= 0.6 is 12.6 Å². The normalized spacial score (nSPS) is 17.7. The van der Waals surface area contributed by atoms with E-state index in [1.54, 1.807) is 4.90 Å². The molecule has 1 aliphatic rings. The van der Waals surface area contributed by atoms with Crippen LogP contribution < -0.4 is 9.47 Å². The summed E-state index contributed by atoms with van der Waals surface area (Å²) < 4.78 is 2.21. The van der Waals surface area contributed by atoms with Crippen molar-refractivity contribution in [2.45, 2.75) is 50.8 Å². The van der Waals surface area contributed by atoms with Crippen molar-refractivity contribution in [3.05, 3.63) is 59.9 Å². The van der Waals surface area contributed by atoms with Crippen molar-refractivity contribution >= 4 is 42.3 Å². The second kappa shape index (κ2) is 13.3. The van der Waals surface area contributed by atoms with Crippen molar-refractivity contribution < 1.29 is 24.4 Å². The van der Waals surface area contributed by atoms with Gasteiger partial charge in [0.05, 0.1) is 6.10 Å². The molecule has 8 heteroatoms. The number of carboxylic acids is 1. The number of amides is 1. The van der Waals surface area contributed by atoms with E-state index < -0.39 is 18.1 Å². The number of carbonyl (C=O) groups is 2. The first-order chi connectivity index (χ1) is 16.9. The Kier molecular flexibility index (Phi) is 10.2. The van der Waals surface area contributed by atoms with Gasteiger partial charge in [-0.15, -0.1) is 0 Å². The fourth-order valence-corrected chi connectivity index (χ4v) is 4.47. The fraction of sp³-hybridized carbons (Fsp3) is 0.444. The molecule has 0 radical (unpaired) electrons. The number of pyridine rings is 1. The van der Waals surface area contributed by atoms with Crippen molar-refractivity contribution in [2.75, 3.05) is 30.8 Å². The number of thiol groups is 1. The Morgan fingerprint density at radius 1 is 1.14 bits per heavy atom. The lowest BCUT2D eigenvalue weighted by Crippen LogP contribution is -2.37. The highest BCUT2D eigenvalue weighted by molar-refractivity contribution is 7.80. The molecule has 0 bridgehead atoms. The minimum atomic E-state index is -0.911. The first kappa shape index (κ1) is 26.8. The lowest BCUT2D eigenvalue weighted by molar-refractivity contribution is -0.699. The van der Waals surface area contributed by atoms with Gasteiger partial charge in [-0.1, -0.05) is 12.1 Å². The second-order valence-corrected chi connectivity index (χ2v) is 9.44. The molecule has 0 saturated carbocycles. The number of hydrogen-bond acceptors (Lipinski definition) is 5. The summed E-state index contributed by atoms with van der Waals surface area (Å²) in [5.41, 5.74) is 2.90. The number of carboxylic acid groups (broad SMARTS) is 1. The van der Waals surface area contributed by atoms with Gasteiger partial charge >= 0.3 is 5.97 Å². The van der Waals surface area contributed by atoms with Gasteiger partial charge in [0.2, 0.25) is 11.6 Å². The summed E-state index contributed by atoms with van der Waals surface area (Å²) in [6.07, 6.45) is 9.09. The monoisotopic (exact) mass is 498 g/mol. The molecule has 3 rings (SSSR count). The standard InChI is InChI=1S/C27H35N3O4S/c1-28(26(32)8-6-18-35)15-4-5-17-29-16-3-2-7-22(29)12-9-21-10-13-23(14-11-21)30-20-24(31)19-25(30)27(33)34/h2-3,7,9-14,16,24-25,31H,4-6,8,15,17-20H2,1H3,(H-,33,34,35)/p+1. The third-order valence-electron chi connectivity index (χ3n) is 6.33. The molecule has 2 aromatic rings. The molecule has 1 amide bonds. The maximum absolute atomic E-state index is 12.0. The Labute approximate surface area is 213 Å². The lowest BCUT2D eigenvalue weighted by Gasteiger charge is -2.23. The van der Waals surface area contributed by atoms with Crippen LogP contribution in [0.4, 0.5) is 5.69 Å². The van der Waals surface area contributed by atoms with Crippen molar-refractivity contribution in [1.82, 2.24) is 4.90 Å². The highest BCUT2D eigenvalue weighted by Gasteiger charge is 2.35. The van der Waals surface area contributed by atoms with Crippen LogP contribution in [0.25, 0.3) is 12.2 Å². The van der Waals surface area contributed by atoms with Crippen LogP contribution in [0.2, 0.25) is 0 Å². The van der Waals surface area contributed by atoms with Gasteiger partial charge in [0, 0.05) is 63.3 Å². The zero-order chi connectivity index (χ0) is 25.2. The molecule has 35 heavy (non-hydrogen) atoms. The van der Waals surface area contributed by atoms with Gasteiger partial charge in [-0.2, -0.15) is 17.2 Å². The summed E-state index contributed by atoms with van der Waals surface area (Å²) in [7, 11) is 1.86. The predicted molar refractivity (Wildman–Crippen MR) is 141 cm³/mol. The highest BCUT2D eigenvalue weighted by Crippen LogP contribution is 2.26. The Morgan fingerprint density at radius 3 is 2.63 bits per heavy atom. The van der Waals surface area contributed by atoms with Crippen LogP contribution in [-0.2, 0) is 16.1 Å². The van der Waals surface area contributed by atoms with E-state index in [-0.39, 0.29) is 12.3 Å². The number of anilines is 1. The van der Waals surface area contributed by atoms with Crippen molar-refractivity contribution in [3.8, 4) is 0 Å². The molecule has 2 atom stereocenters. The van der Waals surface area contributed by atoms with E-state index >= 15 is 0 Å². The van der Waals surface area contributed by atoms with Crippen molar-refractivity contribution in [3.63, 3.8) is 0 Å². The van der Waals surface area contributed by atoms with Gasteiger partial charge < -0.3 is 20.0 Å². The summed E-state index contributed by atoms with van der Waals surface area (Å²) in [6, 6.07) is 13.1. The van der Waals surface area contributed by atoms with E-state index in [2.05, 4.69) is 35.5 Å². The van der Waals surface area contributed by atoms with E-state index in [1.807, 2.05) is 54.4 Å². The molecule has 2 unspecified atom stereocenters. The first-order valence-corrected chi connectivity index (χ1v) is 12.8. The number of hydrogen-bond donors (Lipinski definition) is 3. The fourth-order valence-electron chi connectivity index (χ4n) is 4.31. The van der Waals surface area contributed by atoms with E-state index in [0.29, 0.717) is 13.0 Å². The zero-order valence-electron chi connectivity index (χ0n) is 20.3. The average Bonchev–Trinajstić information content (AvgIpc) is 3.26. The van der Waals surface area contributed by atoms with Gasteiger partial charge in [-0.05, 0) is 48.4 Å². The smallest absolute Gasteiger partial charge is 0.326 e. The number of carbonyl (C=O) groups excluding carboxylic acids is 1. The van der Waals surface area contributed by atoms with Crippen LogP contribution in [0.3, 0.4) is 0 Å². The Bertz CT molecular complexity index is 1010. The Hall–Kier alpha value is -2.84.